The Morgan fingerprint density at radius 3 is 2.32 bits per heavy atom. The lowest BCUT2D eigenvalue weighted by atomic mass is 9.86. The van der Waals surface area contributed by atoms with Gasteiger partial charge in [0.05, 0.1) is 0 Å². The van der Waals surface area contributed by atoms with Crippen LogP contribution in [-0.2, 0) is 4.79 Å². The van der Waals surface area contributed by atoms with Gasteiger partial charge in [-0.3, -0.25) is 4.79 Å². The Labute approximate surface area is 167 Å². The van der Waals surface area contributed by atoms with Crippen LogP contribution in [0.2, 0.25) is 0 Å². The molecule has 2 aliphatic rings. The molecule has 0 bridgehead atoms. The maximum Gasteiger partial charge on any atom is 0.321 e. The van der Waals surface area contributed by atoms with Gasteiger partial charge >= 0.3 is 6.03 Å². The Morgan fingerprint density at radius 2 is 1.64 bits per heavy atom. The zero-order valence-corrected chi connectivity index (χ0v) is 16.6. The number of benzene rings is 1. The maximum absolute atomic E-state index is 12.9. The Balaban J connectivity index is 1.30. The minimum atomic E-state index is -0.320. The van der Waals surface area contributed by atoms with Crippen molar-refractivity contribution < 1.29 is 14.0 Å². The van der Waals surface area contributed by atoms with Gasteiger partial charge in [-0.05, 0) is 55.4 Å². The fraction of sp³-hybridized carbons (Fsp3) is 0.636. The number of nitrogens with zero attached hydrogens (tertiary/aromatic N) is 1. The van der Waals surface area contributed by atoms with E-state index in [2.05, 4.69) is 10.6 Å². The van der Waals surface area contributed by atoms with E-state index in [1.54, 1.807) is 17.0 Å². The van der Waals surface area contributed by atoms with Crippen LogP contribution in [-0.4, -0.2) is 36.5 Å². The van der Waals surface area contributed by atoms with Gasteiger partial charge in [0.2, 0.25) is 5.91 Å². The maximum atomic E-state index is 12.9. The molecule has 1 aliphatic heterocycles. The van der Waals surface area contributed by atoms with Crippen molar-refractivity contribution in [3.63, 3.8) is 0 Å². The van der Waals surface area contributed by atoms with Crippen LogP contribution in [0, 0.1) is 17.7 Å². The van der Waals surface area contributed by atoms with Crippen LogP contribution in [0.1, 0.15) is 57.8 Å². The Hall–Kier alpha value is -2.11. The lowest BCUT2D eigenvalue weighted by Gasteiger charge is -2.32. The topological polar surface area (TPSA) is 61.4 Å². The minimum absolute atomic E-state index is 0.151. The van der Waals surface area contributed by atoms with Crippen molar-refractivity contribution >= 4 is 17.6 Å². The van der Waals surface area contributed by atoms with E-state index in [0.717, 1.165) is 25.2 Å². The molecular weight excluding hydrogens is 357 g/mol. The summed E-state index contributed by atoms with van der Waals surface area (Å²) >= 11 is 0. The number of carbonyl (C=O) groups excluding carboxylic acids is 2. The molecule has 1 aromatic rings. The summed E-state index contributed by atoms with van der Waals surface area (Å²) in [4.78, 5) is 26.2. The zero-order valence-electron chi connectivity index (χ0n) is 16.6. The number of rotatable bonds is 6. The number of anilines is 1. The first-order valence-corrected chi connectivity index (χ1v) is 10.7. The van der Waals surface area contributed by atoms with E-state index in [4.69, 9.17) is 0 Å². The third-order valence-corrected chi connectivity index (χ3v) is 6.09. The number of hydrogen-bond acceptors (Lipinski definition) is 2. The molecule has 0 atom stereocenters. The molecule has 5 nitrogen and oxygen atoms in total. The average Bonchev–Trinajstić information content (AvgIpc) is 2.73. The molecule has 1 aliphatic carbocycles. The number of hydrogen-bond donors (Lipinski definition) is 2. The molecule has 0 unspecified atom stereocenters. The predicted octanol–water partition coefficient (Wildman–Crippen LogP) is 4.55. The summed E-state index contributed by atoms with van der Waals surface area (Å²) in [6.45, 7) is 2.06. The van der Waals surface area contributed by atoms with Gasteiger partial charge in [0, 0.05) is 31.7 Å². The number of amides is 3. The highest BCUT2D eigenvalue weighted by atomic mass is 19.1. The van der Waals surface area contributed by atoms with Crippen molar-refractivity contribution in [3.05, 3.63) is 30.1 Å². The Morgan fingerprint density at radius 1 is 0.964 bits per heavy atom. The largest absolute Gasteiger partial charge is 0.356 e. The Kier molecular flexibility index (Phi) is 7.69. The van der Waals surface area contributed by atoms with Crippen molar-refractivity contribution in [1.82, 2.24) is 10.2 Å². The molecule has 154 valence electrons. The van der Waals surface area contributed by atoms with Gasteiger partial charge in [-0.15, -0.1) is 0 Å². The van der Waals surface area contributed by atoms with E-state index in [1.165, 1.54) is 44.2 Å². The Bertz CT molecular complexity index is 636. The quantitative estimate of drug-likeness (QED) is 0.750. The second-order valence-electron chi connectivity index (χ2n) is 8.21. The highest BCUT2D eigenvalue weighted by Gasteiger charge is 2.23. The molecular formula is C22H32FN3O2. The first kappa shape index (κ1) is 20.6. The predicted molar refractivity (Wildman–Crippen MR) is 109 cm³/mol. The number of nitrogens with one attached hydrogen (secondary N) is 2. The molecule has 3 rings (SSSR count). The third kappa shape index (κ3) is 6.50. The van der Waals surface area contributed by atoms with Crippen molar-refractivity contribution in [2.24, 2.45) is 11.8 Å². The summed E-state index contributed by atoms with van der Waals surface area (Å²) < 4.78 is 12.9. The van der Waals surface area contributed by atoms with Gasteiger partial charge < -0.3 is 15.5 Å². The van der Waals surface area contributed by atoms with Crippen LogP contribution < -0.4 is 10.6 Å². The van der Waals surface area contributed by atoms with Crippen LogP contribution in [0.5, 0.6) is 0 Å². The highest BCUT2D eigenvalue weighted by molar-refractivity contribution is 5.89. The van der Waals surface area contributed by atoms with E-state index < -0.39 is 0 Å². The van der Waals surface area contributed by atoms with E-state index in [1.807, 2.05) is 0 Å². The monoisotopic (exact) mass is 389 g/mol. The number of urea groups is 1. The summed E-state index contributed by atoms with van der Waals surface area (Å²) in [5, 5.41) is 5.89. The average molecular weight is 390 g/mol. The van der Waals surface area contributed by atoms with Crippen molar-refractivity contribution in [2.75, 3.05) is 25.0 Å². The molecule has 2 fully saturated rings. The fourth-order valence-corrected chi connectivity index (χ4v) is 4.23. The van der Waals surface area contributed by atoms with E-state index in [-0.39, 0.29) is 17.8 Å². The molecule has 2 N–H and O–H groups in total. The zero-order chi connectivity index (χ0) is 19.8. The van der Waals surface area contributed by atoms with Gasteiger partial charge in [-0.2, -0.15) is 0 Å². The standard InChI is InChI=1S/C22H32FN3O2/c23-19-7-9-20(10-8-19)25-22(28)26-14-12-18(13-15-26)16-24-21(27)11-6-17-4-2-1-3-5-17/h7-10,17-18H,1-6,11-16H2,(H,24,27)(H,25,28). The fourth-order valence-electron chi connectivity index (χ4n) is 4.23. The number of likely N-dealkylation sites (tertiary alicyclic amines) is 1. The molecule has 1 aromatic carbocycles. The van der Waals surface area contributed by atoms with Crippen LogP contribution >= 0.6 is 0 Å². The first-order chi connectivity index (χ1) is 13.6. The third-order valence-electron chi connectivity index (χ3n) is 6.09. The van der Waals surface area contributed by atoms with Crippen LogP contribution in [0.3, 0.4) is 0 Å². The SMILES string of the molecule is O=C(CCC1CCCCC1)NCC1CCN(C(=O)Nc2ccc(F)cc2)CC1. The molecule has 0 aromatic heterocycles. The summed E-state index contributed by atoms with van der Waals surface area (Å²) in [5.74, 6) is 1.01. The van der Waals surface area contributed by atoms with E-state index in [9.17, 15) is 14.0 Å². The van der Waals surface area contributed by atoms with Crippen molar-refractivity contribution in [1.29, 1.82) is 0 Å². The first-order valence-electron chi connectivity index (χ1n) is 10.7. The van der Waals surface area contributed by atoms with Crippen LogP contribution in [0.4, 0.5) is 14.9 Å². The lowest BCUT2D eigenvalue weighted by molar-refractivity contribution is -0.121. The van der Waals surface area contributed by atoms with Gasteiger partial charge in [-0.1, -0.05) is 32.1 Å². The second kappa shape index (κ2) is 10.4. The molecule has 28 heavy (non-hydrogen) atoms. The smallest absolute Gasteiger partial charge is 0.321 e. The molecule has 1 heterocycles. The van der Waals surface area contributed by atoms with Gasteiger partial charge in [-0.25, -0.2) is 9.18 Å². The van der Waals surface area contributed by atoms with Crippen LogP contribution in [0.25, 0.3) is 0 Å². The molecule has 0 radical (unpaired) electrons. The van der Waals surface area contributed by atoms with Gasteiger partial charge in [0.1, 0.15) is 5.82 Å². The van der Waals surface area contributed by atoms with Crippen LogP contribution in [0.15, 0.2) is 24.3 Å². The van der Waals surface area contributed by atoms with Crippen molar-refractivity contribution in [3.8, 4) is 0 Å². The van der Waals surface area contributed by atoms with Gasteiger partial charge in [0.25, 0.3) is 0 Å². The molecule has 1 saturated carbocycles. The summed E-state index contributed by atoms with van der Waals surface area (Å²) in [6.07, 6.45) is 10.00. The highest BCUT2D eigenvalue weighted by Crippen LogP contribution is 2.27. The van der Waals surface area contributed by atoms with E-state index in [0.29, 0.717) is 37.7 Å². The lowest BCUT2D eigenvalue weighted by Crippen LogP contribution is -2.43. The molecule has 1 saturated heterocycles. The number of halogens is 1. The molecule has 3 amide bonds. The molecule has 0 spiro atoms. The summed E-state index contributed by atoms with van der Waals surface area (Å²) in [7, 11) is 0. The van der Waals surface area contributed by atoms with E-state index >= 15 is 0 Å². The second-order valence-corrected chi connectivity index (χ2v) is 8.21. The summed E-state index contributed by atoms with van der Waals surface area (Å²) in [6, 6.07) is 5.63. The minimum Gasteiger partial charge on any atom is -0.356 e. The molecule has 6 heteroatoms. The van der Waals surface area contributed by atoms with Crippen molar-refractivity contribution in [2.45, 2.75) is 57.8 Å². The number of carbonyl (C=O) groups is 2. The van der Waals surface area contributed by atoms with Gasteiger partial charge in [0.15, 0.2) is 0 Å². The summed E-state index contributed by atoms with van der Waals surface area (Å²) in [5.41, 5.74) is 0.596. The normalized spacial score (nSPS) is 18.7. The number of piperidine rings is 1.